The van der Waals surface area contributed by atoms with Gasteiger partial charge in [-0.3, -0.25) is 0 Å². The molecule has 1 aliphatic carbocycles. The Morgan fingerprint density at radius 3 is 2.64 bits per heavy atom. The van der Waals surface area contributed by atoms with Gasteiger partial charge >= 0.3 is 0 Å². The van der Waals surface area contributed by atoms with Gasteiger partial charge in [0.15, 0.2) is 0 Å². The predicted molar refractivity (Wildman–Crippen MR) is 40.9 cm³/mol. The lowest BCUT2D eigenvalue weighted by Crippen LogP contribution is -2.24. The molecule has 66 valence electrons. The fourth-order valence-electron chi connectivity index (χ4n) is 1.55. The van der Waals surface area contributed by atoms with Crippen molar-refractivity contribution < 1.29 is 8.78 Å². The van der Waals surface area contributed by atoms with Crippen LogP contribution in [0.3, 0.4) is 0 Å². The Morgan fingerprint density at radius 2 is 2.00 bits per heavy atom. The Bertz CT molecular complexity index is 125. The molecular weight excluding hydrogens is 148 g/mol. The molecule has 0 bridgehead atoms. The molecule has 1 atom stereocenters. The molecule has 0 radical (unpaired) electrons. The van der Waals surface area contributed by atoms with Crippen LogP contribution in [0, 0.1) is 0 Å². The molecule has 3 heteroatoms. The Labute approximate surface area is 66.2 Å². The van der Waals surface area contributed by atoms with E-state index in [1.54, 1.807) is 0 Å². The Kier molecular flexibility index (Phi) is 2.82. The molecule has 0 heterocycles. The molecule has 11 heavy (non-hydrogen) atoms. The van der Waals surface area contributed by atoms with Crippen molar-refractivity contribution in [1.29, 1.82) is 0 Å². The summed E-state index contributed by atoms with van der Waals surface area (Å²) in [5.74, 6) is -2.40. The van der Waals surface area contributed by atoms with Gasteiger partial charge in [0.05, 0.1) is 0 Å². The minimum absolute atomic E-state index is 0.0541. The number of rotatable bonds is 1. The summed E-state index contributed by atoms with van der Waals surface area (Å²) in [6.07, 6.45) is 2.29. The van der Waals surface area contributed by atoms with E-state index in [-0.39, 0.29) is 12.8 Å². The number of hydrogen-bond acceptors (Lipinski definition) is 1. The van der Waals surface area contributed by atoms with Crippen LogP contribution in [-0.2, 0) is 0 Å². The number of nitrogens with one attached hydrogen (secondary N) is 1. The summed E-state index contributed by atoms with van der Waals surface area (Å²) in [6.45, 7) is 0. The third-order valence-electron chi connectivity index (χ3n) is 2.36. The number of halogens is 2. The molecule has 1 fully saturated rings. The van der Waals surface area contributed by atoms with E-state index in [9.17, 15) is 8.78 Å². The zero-order valence-electron chi connectivity index (χ0n) is 6.87. The molecule has 0 aromatic carbocycles. The summed E-state index contributed by atoms with van der Waals surface area (Å²) < 4.78 is 25.5. The van der Waals surface area contributed by atoms with Crippen molar-refractivity contribution in [1.82, 2.24) is 5.32 Å². The van der Waals surface area contributed by atoms with Crippen LogP contribution in [-0.4, -0.2) is 19.0 Å². The summed E-state index contributed by atoms with van der Waals surface area (Å²) in [6, 6.07) is 0.309. The van der Waals surface area contributed by atoms with E-state index in [2.05, 4.69) is 5.32 Å². The lowest BCUT2D eigenvalue weighted by Gasteiger charge is -2.13. The van der Waals surface area contributed by atoms with E-state index >= 15 is 0 Å². The molecule has 1 rings (SSSR count). The Balaban J connectivity index is 2.39. The first kappa shape index (κ1) is 8.91. The average molecular weight is 163 g/mol. The van der Waals surface area contributed by atoms with Crippen molar-refractivity contribution in [2.45, 2.75) is 44.1 Å². The molecule has 1 unspecified atom stereocenters. The van der Waals surface area contributed by atoms with Crippen molar-refractivity contribution >= 4 is 0 Å². The molecule has 0 aromatic rings. The molecule has 0 spiro atoms. The maximum absolute atomic E-state index is 12.7. The predicted octanol–water partition coefficient (Wildman–Crippen LogP) is 2.17. The van der Waals surface area contributed by atoms with Gasteiger partial charge in [-0.1, -0.05) is 0 Å². The third kappa shape index (κ3) is 2.73. The first-order valence-corrected chi connectivity index (χ1v) is 4.19. The fraction of sp³-hybridized carbons (Fsp3) is 1.00. The van der Waals surface area contributed by atoms with E-state index < -0.39 is 5.92 Å². The summed E-state index contributed by atoms with van der Waals surface area (Å²) >= 11 is 0. The maximum atomic E-state index is 12.7. The third-order valence-corrected chi connectivity index (χ3v) is 2.36. The van der Waals surface area contributed by atoms with E-state index in [0.717, 1.165) is 6.42 Å². The second-order valence-corrected chi connectivity index (χ2v) is 3.27. The average Bonchev–Trinajstić information content (AvgIpc) is 2.10. The summed E-state index contributed by atoms with van der Waals surface area (Å²) in [7, 11) is 1.84. The van der Waals surface area contributed by atoms with Gasteiger partial charge in [0.25, 0.3) is 0 Å². The van der Waals surface area contributed by atoms with Crippen LogP contribution >= 0.6 is 0 Å². The lowest BCUT2D eigenvalue weighted by atomic mass is 10.1. The second kappa shape index (κ2) is 3.48. The topological polar surface area (TPSA) is 12.0 Å². The normalized spacial score (nSPS) is 31.4. The van der Waals surface area contributed by atoms with Gasteiger partial charge in [0, 0.05) is 18.9 Å². The van der Waals surface area contributed by atoms with Gasteiger partial charge in [-0.15, -0.1) is 0 Å². The Hall–Kier alpha value is -0.180. The van der Waals surface area contributed by atoms with E-state index in [4.69, 9.17) is 0 Å². The quantitative estimate of drug-likeness (QED) is 0.584. The summed E-state index contributed by atoms with van der Waals surface area (Å²) in [5.41, 5.74) is 0. The van der Waals surface area contributed by atoms with Crippen LogP contribution in [0.2, 0.25) is 0 Å². The maximum Gasteiger partial charge on any atom is 0.248 e. The SMILES string of the molecule is CNC1CCCC(F)(F)CC1. The Morgan fingerprint density at radius 1 is 1.27 bits per heavy atom. The van der Waals surface area contributed by atoms with Gasteiger partial charge < -0.3 is 5.32 Å². The number of hydrogen-bond donors (Lipinski definition) is 1. The van der Waals surface area contributed by atoms with Crippen molar-refractivity contribution in [3.05, 3.63) is 0 Å². The molecule has 1 saturated carbocycles. The lowest BCUT2D eigenvalue weighted by molar-refractivity contribution is -0.0143. The zero-order chi connectivity index (χ0) is 8.32. The molecule has 0 aromatic heterocycles. The van der Waals surface area contributed by atoms with Crippen molar-refractivity contribution in [2.75, 3.05) is 7.05 Å². The molecule has 0 saturated heterocycles. The van der Waals surface area contributed by atoms with Crippen LogP contribution in [0.5, 0.6) is 0 Å². The highest BCUT2D eigenvalue weighted by atomic mass is 19.3. The van der Waals surface area contributed by atoms with Gasteiger partial charge in [-0.25, -0.2) is 8.78 Å². The van der Waals surface area contributed by atoms with E-state index in [1.165, 1.54) is 0 Å². The molecule has 0 amide bonds. The summed E-state index contributed by atoms with van der Waals surface area (Å²) in [5, 5.41) is 3.05. The van der Waals surface area contributed by atoms with E-state index in [0.29, 0.717) is 18.9 Å². The molecule has 1 nitrogen and oxygen atoms in total. The van der Waals surface area contributed by atoms with Gasteiger partial charge in [-0.2, -0.15) is 0 Å². The standard InChI is InChI=1S/C8H15F2N/c1-11-7-3-2-5-8(9,10)6-4-7/h7,11H,2-6H2,1H3. The van der Waals surface area contributed by atoms with Crippen LogP contribution in [0.4, 0.5) is 8.78 Å². The van der Waals surface area contributed by atoms with Gasteiger partial charge in [0.1, 0.15) is 0 Å². The zero-order valence-corrected chi connectivity index (χ0v) is 6.87. The molecule has 1 N–H and O–H groups in total. The van der Waals surface area contributed by atoms with Crippen LogP contribution in [0.1, 0.15) is 32.1 Å². The molecule has 1 aliphatic rings. The molecule has 0 aliphatic heterocycles. The van der Waals surface area contributed by atoms with E-state index in [1.807, 2.05) is 7.05 Å². The van der Waals surface area contributed by atoms with Crippen LogP contribution in [0.15, 0.2) is 0 Å². The second-order valence-electron chi connectivity index (χ2n) is 3.27. The summed E-state index contributed by atoms with van der Waals surface area (Å²) in [4.78, 5) is 0. The first-order valence-electron chi connectivity index (χ1n) is 4.19. The van der Waals surface area contributed by atoms with Gasteiger partial charge in [0.2, 0.25) is 5.92 Å². The largest absolute Gasteiger partial charge is 0.317 e. The highest BCUT2D eigenvalue weighted by molar-refractivity contribution is 4.77. The highest BCUT2D eigenvalue weighted by Gasteiger charge is 2.31. The van der Waals surface area contributed by atoms with Crippen molar-refractivity contribution in [3.8, 4) is 0 Å². The van der Waals surface area contributed by atoms with Gasteiger partial charge in [-0.05, 0) is 26.3 Å². The van der Waals surface area contributed by atoms with Crippen molar-refractivity contribution in [2.24, 2.45) is 0 Å². The smallest absolute Gasteiger partial charge is 0.248 e. The van der Waals surface area contributed by atoms with Crippen LogP contribution in [0.25, 0.3) is 0 Å². The van der Waals surface area contributed by atoms with Crippen molar-refractivity contribution in [3.63, 3.8) is 0 Å². The number of alkyl halides is 2. The first-order chi connectivity index (χ1) is 5.14. The fourth-order valence-corrected chi connectivity index (χ4v) is 1.55. The monoisotopic (exact) mass is 163 g/mol. The minimum Gasteiger partial charge on any atom is -0.317 e. The highest BCUT2D eigenvalue weighted by Crippen LogP contribution is 2.31. The molecular formula is C8H15F2N. The van der Waals surface area contributed by atoms with Crippen LogP contribution < -0.4 is 5.32 Å². The minimum atomic E-state index is -2.40.